The van der Waals surface area contributed by atoms with Crippen LogP contribution in [0.4, 0.5) is 0 Å². The molecule has 12 rings (SSSR count). The number of hydrogen-bond donors (Lipinski definition) is 3. The Hall–Kier alpha value is -2.26. The van der Waals surface area contributed by atoms with Gasteiger partial charge in [-0.3, -0.25) is 9.59 Å². The fraction of sp³-hybridized carbons (Fsp3) is 0.689. The minimum atomic E-state index is -3.72. The van der Waals surface area contributed by atoms with E-state index >= 15 is 0 Å². The summed E-state index contributed by atoms with van der Waals surface area (Å²) < 4.78 is 53.7. The Kier molecular flexibility index (Phi) is 13.8. The summed E-state index contributed by atoms with van der Waals surface area (Å²) in [7, 11) is -7.41. The first-order valence-electron chi connectivity index (χ1n) is 21.8. The highest BCUT2D eigenvalue weighted by Gasteiger charge is 2.52. The molecule has 2 heterocycles. The molecule has 60 heavy (non-hydrogen) atoms. The summed E-state index contributed by atoms with van der Waals surface area (Å²) in [6.45, 7) is 1.01. The third-order valence-electron chi connectivity index (χ3n) is 14.9. The first kappa shape index (κ1) is 45.8. The number of nitrogens with zero attached hydrogens (tertiary/aromatic N) is 2. The summed E-state index contributed by atoms with van der Waals surface area (Å²) in [5, 5.41) is 12.8. The standard InChI is InChI=1S/C22H29ClN2O3S.C12H14ClNO4S.C10H17N.CH4/c23-19-5-1-2-6-20(19)29(27,28)25-7-3-4-18(14-25)21(26)24-22-11-15-8-16(12-22)10-17(9-15)13-22;13-10-5-1-2-6-11(10)19(17,18)14-7-3-4-9(8-14)12(15)16;11-10-4-7-1-8(5-10)3-9(2-7)6-10;/h1-2,5-6,15-18H,3-4,7-14H2,(H,24,26);1-2,5-6,9H,3-4,7-8H2,(H,15,16);7-9H,1-6,11H2;1H4/t15?,16?,17?,18-,22?;9-;;/m00../s1. The minimum absolute atomic E-state index is 0. The summed E-state index contributed by atoms with van der Waals surface area (Å²) in [6.07, 6.45) is 18.4. The van der Waals surface area contributed by atoms with Gasteiger partial charge in [0.2, 0.25) is 26.0 Å². The van der Waals surface area contributed by atoms with Crippen LogP contribution in [0.5, 0.6) is 0 Å². The Balaban J connectivity index is 0.000000150. The lowest BCUT2D eigenvalue weighted by Crippen LogP contribution is -2.61. The van der Waals surface area contributed by atoms with Gasteiger partial charge in [-0.05, 0) is 163 Å². The highest BCUT2D eigenvalue weighted by molar-refractivity contribution is 7.89. The molecular formula is C45H64Cl2N4O7S2. The molecule has 10 aliphatic rings. The lowest BCUT2D eigenvalue weighted by Gasteiger charge is -2.57. The maximum absolute atomic E-state index is 13.2. The molecule has 4 N–H and O–H groups in total. The molecule has 10 fully saturated rings. The molecule has 0 spiro atoms. The first-order valence-corrected chi connectivity index (χ1v) is 25.5. The van der Waals surface area contributed by atoms with E-state index in [4.69, 9.17) is 34.0 Å². The molecule has 2 saturated heterocycles. The molecule has 2 aliphatic heterocycles. The van der Waals surface area contributed by atoms with E-state index in [-0.39, 0.29) is 57.7 Å². The van der Waals surface area contributed by atoms with Crippen LogP contribution in [0.25, 0.3) is 0 Å². The monoisotopic (exact) mass is 906 g/mol. The largest absolute Gasteiger partial charge is 0.481 e. The number of carbonyl (C=O) groups excluding carboxylic acids is 1. The van der Waals surface area contributed by atoms with Gasteiger partial charge in [0, 0.05) is 37.3 Å². The third kappa shape index (κ3) is 9.77. The molecular weight excluding hydrogens is 844 g/mol. The molecule has 8 bridgehead atoms. The number of carboxylic acids is 1. The zero-order valence-corrected chi connectivity index (χ0v) is 37.0. The van der Waals surface area contributed by atoms with Crippen molar-refractivity contribution in [2.75, 3.05) is 26.2 Å². The molecule has 8 aliphatic carbocycles. The number of nitrogens with two attached hydrogens (primary N) is 1. The van der Waals surface area contributed by atoms with Crippen LogP contribution in [0.1, 0.15) is 110 Å². The van der Waals surface area contributed by atoms with Crippen LogP contribution in [-0.4, -0.2) is 79.7 Å². The summed E-state index contributed by atoms with van der Waals surface area (Å²) in [5.74, 6) is 3.52. The van der Waals surface area contributed by atoms with E-state index in [1.54, 1.807) is 30.3 Å². The second-order valence-electron chi connectivity index (χ2n) is 19.6. The normalized spacial score (nSPS) is 35.6. The van der Waals surface area contributed by atoms with Crippen LogP contribution in [0.3, 0.4) is 0 Å². The molecule has 332 valence electrons. The van der Waals surface area contributed by atoms with Crippen molar-refractivity contribution in [1.82, 2.24) is 13.9 Å². The fourth-order valence-electron chi connectivity index (χ4n) is 13.1. The van der Waals surface area contributed by atoms with E-state index in [0.717, 1.165) is 61.2 Å². The number of aliphatic carboxylic acids is 1. The molecule has 1 amide bonds. The van der Waals surface area contributed by atoms with Crippen LogP contribution >= 0.6 is 23.2 Å². The van der Waals surface area contributed by atoms with Gasteiger partial charge in [0.25, 0.3) is 0 Å². The molecule has 2 aromatic rings. The van der Waals surface area contributed by atoms with Crippen molar-refractivity contribution in [1.29, 1.82) is 0 Å². The van der Waals surface area contributed by atoms with Crippen LogP contribution in [0.2, 0.25) is 10.0 Å². The number of carbonyl (C=O) groups is 2. The van der Waals surface area contributed by atoms with Crippen LogP contribution in [0.15, 0.2) is 58.3 Å². The Morgan fingerprint density at radius 2 is 1.00 bits per heavy atom. The molecule has 8 saturated carbocycles. The second-order valence-corrected chi connectivity index (χ2v) is 24.2. The molecule has 2 aromatic carbocycles. The number of carboxylic acid groups (broad SMARTS) is 1. The van der Waals surface area contributed by atoms with Gasteiger partial charge in [-0.25, -0.2) is 16.8 Å². The molecule has 15 heteroatoms. The van der Waals surface area contributed by atoms with Gasteiger partial charge in [-0.1, -0.05) is 54.9 Å². The van der Waals surface area contributed by atoms with Crippen molar-refractivity contribution in [3.05, 3.63) is 58.6 Å². The van der Waals surface area contributed by atoms with Crippen LogP contribution in [-0.2, 0) is 29.6 Å². The quantitative estimate of drug-likeness (QED) is 0.250. The summed E-state index contributed by atoms with van der Waals surface area (Å²) in [6, 6.07) is 12.7. The fourth-order valence-corrected chi connectivity index (χ4v) is 17.2. The number of halogens is 2. The van der Waals surface area contributed by atoms with Gasteiger partial charge in [0.1, 0.15) is 9.79 Å². The lowest BCUT2D eigenvalue weighted by molar-refractivity contribution is -0.143. The smallest absolute Gasteiger partial charge is 0.307 e. The van der Waals surface area contributed by atoms with Gasteiger partial charge >= 0.3 is 5.97 Å². The van der Waals surface area contributed by atoms with Gasteiger partial charge in [0.05, 0.1) is 21.9 Å². The SMILES string of the molecule is C.NC12CC3CC(CC(C3)C1)C2.O=C(NC12CC3CC(CC(C3)C1)C2)[C@H]1CCCN(S(=O)(=O)c2ccccc2Cl)C1.O=C(O)[C@H]1CCCN(S(=O)(=O)c2ccccc2Cl)C1. The predicted molar refractivity (Wildman–Crippen MR) is 234 cm³/mol. The maximum atomic E-state index is 13.2. The summed E-state index contributed by atoms with van der Waals surface area (Å²) >= 11 is 12.1. The van der Waals surface area contributed by atoms with Crippen LogP contribution < -0.4 is 11.1 Å². The predicted octanol–water partition coefficient (Wildman–Crippen LogP) is 8.20. The second kappa shape index (κ2) is 18.1. The lowest BCUT2D eigenvalue weighted by atomic mass is 9.53. The number of benzene rings is 2. The van der Waals surface area contributed by atoms with E-state index in [2.05, 4.69) is 5.32 Å². The van der Waals surface area contributed by atoms with Crippen molar-refractivity contribution < 1.29 is 31.5 Å². The van der Waals surface area contributed by atoms with E-state index in [1.807, 2.05) is 0 Å². The number of piperidine rings is 2. The highest BCUT2D eigenvalue weighted by atomic mass is 35.5. The average Bonchev–Trinajstić information content (AvgIpc) is 3.17. The molecule has 0 aromatic heterocycles. The Labute approximate surface area is 367 Å². The molecule has 11 nitrogen and oxygen atoms in total. The average molecular weight is 908 g/mol. The zero-order chi connectivity index (χ0) is 41.7. The van der Waals surface area contributed by atoms with E-state index < -0.39 is 31.9 Å². The van der Waals surface area contributed by atoms with E-state index in [9.17, 15) is 26.4 Å². The third-order valence-corrected chi connectivity index (χ3v) is 19.6. The number of hydrogen-bond acceptors (Lipinski definition) is 7. The molecule has 0 unspecified atom stereocenters. The number of nitrogens with one attached hydrogen (secondary N) is 1. The van der Waals surface area contributed by atoms with Crippen molar-refractivity contribution in [3.8, 4) is 0 Å². The molecule has 2 atom stereocenters. The molecule has 0 radical (unpaired) electrons. The summed E-state index contributed by atoms with van der Waals surface area (Å²) in [4.78, 5) is 24.3. The van der Waals surface area contributed by atoms with Gasteiger partial charge in [0.15, 0.2) is 0 Å². The van der Waals surface area contributed by atoms with Crippen LogP contribution in [0, 0.1) is 47.3 Å². The number of rotatable bonds is 7. The first-order chi connectivity index (χ1) is 28.0. The minimum Gasteiger partial charge on any atom is -0.481 e. The Bertz CT molecular complexity index is 2050. The van der Waals surface area contributed by atoms with Gasteiger partial charge in [-0.15, -0.1) is 0 Å². The topological polar surface area (TPSA) is 167 Å². The maximum Gasteiger partial charge on any atom is 0.307 e. The Morgan fingerprint density at radius 3 is 1.38 bits per heavy atom. The van der Waals surface area contributed by atoms with Crippen molar-refractivity contribution in [2.45, 2.75) is 131 Å². The number of amides is 1. The zero-order valence-electron chi connectivity index (χ0n) is 33.8. The Morgan fingerprint density at radius 1 is 0.633 bits per heavy atom. The van der Waals surface area contributed by atoms with Gasteiger partial charge in [-0.2, -0.15) is 8.61 Å². The van der Waals surface area contributed by atoms with E-state index in [0.29, 0.717) is 37.9 Å². The highest BCUT2D eigenvalue weighted by Crippen LogP contribution is 2.56. The van der Waals surface area contributed by atoms with Crippen molar-refractivity contribution in [3.63, 3.8) is 0 Å². The number of sulfonamides is 2. The van der Waals surface area contributed by atoms with Crippen molar-refractivity contribution in [2.24, 2.45) is 53.1 Å². The summed E-state index contributed by atoms with van der Waals surface area (Å²) in [5.41, 5.74) is 6.59. The van der Waals surface area contributed by atoms with Crippen molar-refractivity contribution >= 4 is 55.1 Å². The van der Waals surface area contributed by atoms with Gasteiger partial charge < -0.3 is 16.2 Å². The van der Waals surface area contributed by atoms with E-state index in [1.165, 1.54) is 84.6 Å².